The normalized spacial score (nSPS) is 15.9. The average Bonchev–Trinajstić information content (AvgIpc) is 3.21. The monoisotopic (exact) mass is 412 g/mol. The van der Waals surface area contributed by atoms with Crippen LogP contribution in [-0.4, -0.2) is 35.0 Å². The highest BCUT2D eigenvalue weighted by atomic mass is 32.2. The molecule has 1 amide bonds. The lowest BCUT2D eigenvalue weighted by Crippen LogP contribution is -2.36. The standard InChI is InChI=1S/C24H48N2OS/c1-2-3-4-5-6-7-8-9-10-11-12-13-14-15-16-17-18-23(21-24(25)27)26-19-20-28-22-26/h23H,2-22H2,1H3,(H2,25,27). The average molecular weight is 413 g/mol. The first-order valence-electron chi connectivity index (χ1n) is 12.3. The highest BCUT2D eigenvalue weighted by Gasteiger charge is 2.23. The minimum absolute atomic E-state index is 0.140. The number of amides is 1. The van der Waals surface area contributed by atoms with Gasteiger partial charge in [0, 0.05) is 30.6 Å². The third kappa shape index (κ3) is 14.7. The van der Waals surface area contributed by atoms with E-state index in [1.54, 1.807) is 0 Å². The number of carbonyl (C=O) groups is 1. The molecule has 1 heterocycles. The Morgan fingerprint density at radius 2 is 1.29 bits per heavy atom. The summed E-state index contributed by atoms with van der Waals surface area (Å²) in [5, 5.41) is 0. The van der Waals surface area contributed by atoms with Crippen LogP contribution in [0.2, 0.25) is 0 Å². The molecule has 1 aliphatic heterocycles. The van der Waals surface area contributed by atoms with Crippen molar-refractivity contribution in [3.05, 3.63) is 0 Å². The Morgan fingerprint density at radius 3 is 1.68 bits per heavy atom. The van der Waals surface area contributed by atoms with Gasteiger partial charge in [0.2, 0.25) is 5.91 Å². The zero-order valence-corrected chi connectivity index (χ0v) is 19.6. The minimum Gasteiger partial charge on any atom is -0.370 e. The summed E-state index contributed by atoms with van der Waals surface area (Å²) in [5.41, 5.74) is 5.45. The van der Waals surface area contributed by atoms with Gasteiger partial charge >= 0.3 is 0 Å². The van der Waals surface area contributed by atoms with Crippen molar-refractivity contribution in [2.45, 2.75) is 129 Å². The van der Waals surface area contributed by atoms with Crippen molar-refractivity contribution in [1.29, 1.82) is 0 Å². The summed E-state index contributed by atoms with van der Waals surface area (Å²) in [6, 6.07) is 0.388. The molecule has 0 spiro atoms. The van der Waals surface area contributed by atoms with Gasteiger partial charge in [-0.2, -0.15) is 0 Å². The number of unbranched alkanes of at least 4 members (excludes halogenated alkanes) is 15. The predicted molar refractivity (Wildman–Crippen MR) is 126 cm³/mol. The molecular weight excluding hydrogens is 364 g/mol. The fourth-order valence-electron chi connectivity index (χ4n) is 4.29. The molecule has 1 unspecified atom stereocenters. The molecule has 3 nitrogen and oxygen atoms in total. The Morgan fingerprint density at radius 1 is 0.821 bits per heavy atom. The van der Waals surface area contributed by atoms with Gasteiger partial charge in [0.05, 0.1) is 0 Å². The maximum atomic E-state index is 11.3. The van der Waals surface area contributed by atoms with Gasteiger partial charge in [-0.15, -0.1) is 11.8 Å². The van der Waals surface area contributed by atoms with Crippen LogP contribution in [0.25, 0.3) is 0 Å². The highest BCUT2D eigenvalue weighted by Crippen LogP contribution is 2.22. The van der Waals surface area contributed by atoms with Crippen molar-refractivity contribution in [1.82, 2.24) is 4.90 Å². The van der Waals surface area contributed by atoms with E-state index in [1.807, 2.05) is 11.8 Å². The van der Waals surface area contributed by atoms with Crippen molar-refractivity contribution >= 4 is 17.7 Å². The molecule has 1 aliphatic rings. The molecule has 0 aromatic rings. The topological polar surface area (TPSA) is 46.3 Å². The van der Waals surface area contributed by atoms with Gasteiger partial charge in [0.15, 0.2) is 0 Å². The third-order valence-electron chi connectivity index (χ3n) is 6.12. The molecule has 4 heteroatoms. The number of nitrogens with zero attached hydrogens (tertiary/aromatic N) is 1. The molecule has 0 saturated carbocycles. The second kappa shape index (κ2) is 18.8. The zero-order valence-electron chi connectivity index (χ0n) is 18.8. The van der Waals surface area contributed by atoms with Gasteiger partial charge in [-0.25, -0.2) is 0 Å². The van der Waals surface area contributed by atoms with Crippen molar-refractivity contribution in [2.75, 3.05) is 18.2 Å². The Kier molecular flexibility index (Phi) is 17.3. The maximum Gasteiger partial charge on any atom is 0.218 e. The predicted octanol–water partition coefficient (Wildman–Crippen LogP) is 6.89. The molecule has 1 fully saturated rings. The summed E-state index contributed by atoms with van der Waals surface area (Å²) in [4.78, 5) is 13.8. The molecule has 0 aliphatic carbocycles. The zero-order chi connectivity index (χ0) is 20.3. The Labute approximate surface area is 180 Å². The van der Waals surface area contributed by atoms with Crippen LogP contribution in [0.15, 0.2) is 0 Å². The van der Waals surface area contributed by atoms with Gasteiger partial charge < -0.3 is 5.73 Å². The van der Waals surface area contributed by atoms with Crippen LogP contribution < -0.4 is 5.73 Å². The van der Waals surface area contributed by atoms with Crippen molar-refractivity contribution in [2.24, 2.45) is 5.73 Å². The Bertz CT molecular complexity index is 359. The summed E-state index contributed by atoms with van der Waals surface area (Å²) in [5.74, 6) is 2.14. The van der Waals surface area contributed by atoms with E-state index in [-0.39, 0.29) is 5.91 Å². The number of primary amides is 1. The first-order chi connectivity index (χ1) is 13.7. The van der Waals surface area contributed by atoms with Crippen LogP contribution in [0.3, 0.4) is 0 Å². The van der Waals surface area contributed by atoms with Gasteiger partial charge in [-0.3, -0.25) is 9.69 Å². The summed E-state index contributed by atoms with van der Waals surface area (Å²) >= 11 is 1.98. The van der Waals surface area contributed by atoms with E-state index < -0.39 is 0 Å². The number of nitrogens with two attached hydrogens (primary N) is 1. The number of hydrogen-bond donors (Lipinski definition) is 1. The summed E-state index contributed by atoms with van der Waals surface area (Å²) < 4.78 is 0. The van der Waals surface area contributed by atoms with Crippen LogP contribution in [0.4, 0.5) is 0 Å². The molecule has 166 valence electrons. The number of carbonyl (C=O) groups excluding carboxylic acids is 1. The number of thioether (sulfide) groups is 1. The van der Waals surface area contributed by atoms with E-state index in [9.17, 15) is 4.79 Å². The first-order valence-corrected chi connectivity index (χ1v) is 13.5. The number of rotatable bonds is 20. The lowest BCUT2D eigenvalue weighted by Gasteiger charge is -2.25. The van der Waals surface area contributed by atoms with E-state index in [1.165, 1.54) is 108 Å². The van der Waals surface area contributed by atoms with Gasteiger partial charge in [0.1, 0.15) is 0 Å². The Hall–Kier alpha value is -0.220. The van der Waals surface area contributed by atoms with Crippen LogP contribution in [-0.2, 0) is 4.79 Å². The fourth-order valence-corrected chi connectivity index (χ4v) is 5.36. The SMILES string of the molecule is CCCCCCCCCCCCCCCCCCC(CC(N)=O)N1CCSC1. The molecule has 2 N–H and O–H groups in total. The smallest absolute Gasteiger partial charge is 0.218 e. The van der Waals surface area contributed by atoms with Crippen LogP contribution >= 0.6 is 11.8 Å². The molecule has 0 aromatic carbocycles. The minimum atomic E-state index is -0.140. The lowest BCUT2D eigenvalue weighted by molar-refractivity contribution is -0.119. The molecule has 1 rings (SSSR count). The molecule has 0 bridgehead atoms. The summed E-state index contributed by atoms with van der Waals surface area (Å²) in [7, 11) is 0. The summed E-state index contributed by atoms with van der Waals surface area (Å²) in [6.45, 7) is 3.41. The van der Waals surface area contributed by atoms with E-state index in [4.69, 9.17) is 5.73 Å². The maximum absolute atomic E-state index is 11.3. The highest BCUT2D eigenvalue weighted by molar-refractivity contribution is 7.99. The van der Waals surface area contributed by atoms with Crippen LogP contribution in [0.5, 0.6) is 0 Å². The molecule has 28 heavy (non-hydrogen) atoms. The van der Waals surface area contributed by atoms with Gasteiger partial charge in [-0.05, 0) is 6.42 Å². The van der Waals surface area contributed by atoms with E-state index in [2.05, 4.69) is 11.8 Å². The van der Waals surface area contributed by atoms with E-state index in [0.717, 1.165) is 18.8 Å². The Balaban J connectivity index is 1.83. The molecule has 1 atom stereocenters. The second-order valence-corrected chi connectivity index (χ2v) is 9.84. The van der Waals surface area contributed by atoms with Crippen molar-refractivity contribution < 1.29 is 4.79 Å². The third-order valence-corrected chi connectivity index (χ3v) is 7.11. The lowest BCUT2D eigenvalue weighted by atomic mass is 10.0. The first kappa shape index (κ1) is 25.8. The van der Waals surface area contributed by atoms with Gasteiger partial charge in [0.25, 0.3) is 0 Å². The van der Waals surface area contributed by atoms with E-state index >= 15 is 0 Å². The van der Waals surface area contributed by atoms with Gasteiger partial charge in [-0.1, -0.05) is 110 Å². The van der Waals surface area contributed by atoms with E-state index in [0.29, 0.717) is 12.5 Å². The largest absolute Gasteiger partial charge is 0.370 e. The van der Waals surface area contributed by atoms with Crippen LogP contribution in [0.1, 0.15) is 122 Å². The molecule has 0 aromatic heterocycles. The molecule has 0 radical (unpaired) electrons. The second-order valence-electron chi connectivity index (χ2n) is 8.77. The molecular formula is C24H48N2OS. The fraction of sp³-hybridized carbons (Fsp3) is 0.958. The summed E-state index contributed by atoms with van der Waals surface area (Å²) in [6.07, 6.45) is 24.2. The van der Waals surface area contributed by atoms with Crippen molar-refractivity contribution in [3.8, 4) is 0 Å². The quantitative estimate of drug-likeness (QED) is 0.221. The van der Waals surface area contributed by atoms with Crippen molar-refractivity contribution in [3.63, 3.8) is 0 Å². The number of hydrogen-bond acceptors (Lipinski definition) is 3. The van der Waals surface area contributed by atoms with Crippen LogP contribution in [0, 0.1) is 0 Å². The molecule has 1 saturated heterocycles.